The normalized spacial score (nSPS) is 11.1. The number of hydrogen-bond donors (Lipinski definition) is 4. The molecule has 0 aromatic heterocycles. The van der Waals surface area contributed by atoms with Crippen LogP contribution in [0.25, 0.3) is 0 Å². The first-order chi connectivity index (χ1) is 15.9. The van der Waals surface area contributed by atoms with E-state index in [1.807, 2.05) is 0 Å². The molecule has 4 N–H and O–H groups in total. The summed E-state index contributed by atoms with van der Waals surface area (Å²) in [5, 5.41) is 14.2. The van der Waals surface area contributed by atoms with Crippen molar-refractivity contribution in [2.75, 3.05) is 39.3 Å². The maximum Gasteiger partial charge on any atom is 0.0205 e. The van der Waals surface area contributed by atoms with Crippen molar-refractivity contribution in [2.45, 2.75) is 64.5 Å². The molecule has 2 rings (SSSR count). The Hall–Kier alpha value is -1.72. The molecule has 0 fully saturated rings. The van der Waals surface area contributed by atoms with E-state index in [9.17, 15) is 0 Å². The Kier molecular flexibility index (Phi) is 16.5. The van der Waals surface area contributed by atoms with Gasteiger partial charge in [-0.1, -0.05) is 86.3 Å². The average Bonchev–Trinajstić information content (AvgIpc) is 2.84. The lowest BCUT2D eigenvalue weighted by atomic mass is 10.1. The highest BCUT2D eigenvalue weighted by Crippen LogP contribution is 2.04. The molecule has 4 nitrogen and oxygen atoms in total. The van der Waals surface area contributed by atoms with Crippen LogP contribution < -0.4 is 21.3 Å². The van der Waals surface area contributed by atoms with Gasteiger partial charge in [-0.3, -0.25) is 0 Å². The molecular formula is C28H46N4. The van der Waals surface area contributed by atoms with Crippen LogP contribution in [0.2, 0.25) is 0 Å². The summed E-state index contributed by atoms with van der Waals surface area (Å²) < 4.78 is 0. The first-order valence-corrected chi connectivity index (χ1v) is 12.9. The van der Waals surface area contributed by atoms with Gasteiger partial charge in [-0.05, 0) is 76.1 Å². The summed E-state index contributed by atoms with van der Waals surface area (Å²) >= 11 is 0. The van der Waals surface area contributed by atoms with Gasteiger partial charge in [-0.15, -0.1) is 0 Å². The fraction of sp³-hybridized carbons (Fsp3) is 0.571. The van der Waals surface area contributed by atoms with Crippen LogP contribution in [0.1, 0.15) is 62.5 Å². The summed E-state index contributed by atoms with van der Waals surface area (Å²) in [6.45, 7) is 8.69. The molecule has 32 heavy (non-hydrogen) atoms. The van der Waals surface area contributed by atoms with Crippen LogP contribution in [0.15, 0.2) is 60.7 Å². The van der Waals surface area contributed by atoms with Crippen molar-refractivity contribution in [3.63, 3.8) is 0 Å². The van der Waals surface area contributed by atoms with Crippen LogP contribution in [0.4, 0.5) is 0 Å². The average molecular weight is 439 g/mol. The Morgan fingerprint density at radius 3 is 1.12 bits per heavy atom. The van der Waals surface area contributed by atoms with Crippen LogP contribution in [0.5, 0.6) is 0 Å². The highest BCUT2D eigenvalue weighted by Gasteiger charge is 1.95. The molecule has 4 heteroatoms. The number of unbranched alkanes of at least 4 members (excludes halogenated alkanes) is 5. The molecule has 2 aromatic rings. The predicted molar refractivity (Wildman–Crippen MR) is 139 cm³/mol. The zero-order chi connectivity index (χ0) is 22.4. The minimum Gasteiger partial charge on any atom is -0.317 e. The minimum atomic E-state index is 0.975. The van der Waals surface area contributed by atoms with E-state index in [2.05, 4.69) is 81.9 Å². The van der Waals surface area contributed by atoms with Crippen LogP contribution in [0, 0.1) is 0 Å². The van der Waals surface area contributed by atoms with Gasteiger partial charge in [0.25, 0.3) is 0 Å². The van der Waals surface area contributed by atoms with E-state index in [1.54, 1.807) is 0 Å². The number of nitrogens with one attached hydrogen (secondary N) is 4. The van der Waals surface area contributed by atoms with Crippen LogP contribution in [-0.4, -0.2) is 39.3 Å². The summed E-state index contributed by atoms with van der Waals surface area (Å²) in [6.07, 6.45) is 10.5. The zero-order valence-corrected chi connectivity index (χ0v) is 20.1. The van der Waals surface area contributed by atoms with Crippen LogP contribution >= 0.6 is 0 Å². The Morgan fingerprint density at radius 1 is 0.344 bits per heavy atom. The van der Waals surface area contributed by atoms with Crippen LogP contribution in [0.3, 0.4) is 0 Å². The van der Waals surface area contributed by atoms with Gasteiger partial charge in [0.15, 0.2) is 0 Å². The molecule has 0 aliphatic carbocycles. The quantitative estimate of drug-likeness (QED) is 0.210. The maximum atomic E-state index is 3.58. The van der Waals surface area contributed by atoms with E-state index in [1.165, 1.54) is 75.6 Å². The lowest BCUT2D eigenvalue weighted by Crippen LogP contribution is -2.22. The summed E-state index contributed by atoms with van der Waals surface area (Å²) in [7, 11) is 0. The molecule has 0 heterocycles. The first kappa shape index (κ1) is 26.5. The fourth-order valence-electron chi connectivity index (χ4n) is 3.79. The van der Waals surface area contributed by atoms with E-state index in [-0.39, 0.29) is 0 Å². The van der Waals surface area contributed by atoms with E-state index in [0.717, 1.165) is 39.3 Å². The Balaban J connectivity index is 1.21. The van der Waals surface area contributed by atoms with E-state index in [4.69, 9.17) is 0 Å². The molecule has 0 saturated heterocycles. The second-order valence-corrected chi connectivity index (χ2v) is 8.65. The highest BCUT2D eigenvalue weighted by molar-refractivity contribution is 5.14. The van der Waals surface area contributed by atoms with Crippen LogP contribution in [-0.2, 0) is 13.1 Å². The SMILES string of the molecule is c1ccc(CNCCCNCCCCCCCCNCCCNCc2ccccc2)cc1. The smallest absolute Gasteiger partial charge is 0.0205 e. The van der Waals surface area contributed by atoms with Crippen molar-refractivity contribution in [2.24, 2.45) is 0 Å². The Bertz CT molecular complexity index is 575. The molecule has 0 aliphatic rings. The third-order valence-corrected chi connectivity index (χ3v) is 5.72. The summed E-state index contributed by atoms with van der Waals surface area (Å²) in [5.74, 6) is 0. The van der Waals surface area contributed by atoms with Crippen molar-refractivity contribution in [1.29, 1.82) is 0 Å². The van der Waals surface area contributed by atoms with Gasteiger partial charge in [0, 0.05) is 13.1 Å². The highest BCUT2D eigenvalue weighted by atomic mass is 14.9. The molecule has 0 amide bonds. The zero-order valence-electron chi connectivity index (χ0n) is 20.1. The lowest BCUT2D eigenvalue weighted by Gasteiger charge is -2.07. The van der Waals surface area contributed by atoms with Gasteiger partial charge in [-0.2, -0.15) is 0 Å². The monoisotopic (exact) mass is 438 g/mol. The predicted octanol–water partition coefficient (Wildman–Crippen LogP) is 4.87. The number of hydrogen-bond acceptors (Lipinski definition) is 4. The molecule has 0 atom stereocenters. The fourth-order valence-corrected chi connectivity index (χ4v) is 3.79. The molecule has 0 unspecified atom stereocenters. The molecule has 0 radical (unpaired) electrons. The van der Waals surface area contributed by atoms with Crippen molar-refractivity contribution in [1.82, 2.24) is 21.3 Å². The van der Waals surface area contributed by atoms with Gasteiger partial charge >= 0.3 is 0 Å². The molecule has 0 saturated carbocycles. The van der Waals surface area contributed by atoms with E-state index >= 15 is 0 Å². The third-order valence-electron chi connectivity index (χ3n) is 5.72. The second kappa shape index (κ2) is 19.9. The van der Waals surface area contributed by atoms with Gasteiger partial charge in [-0.25, -0.2) is 0 Å². The number of benzene rings is 2. The van der Waals surface area contributed by atoms with E-state index < -0.39 is 0 Å². The Labute approximate surface area is 197 Å². The summed E-state index contributed by atoms with van der Waals surface area (Å²) in [4.78, 5) is 0. The standard InChI is InChI=1S/C28H46N4/c1(3-11-19-29-21-13-23-31-25-27-15-7-5-8-16-27)2-4-12-20-30-22-14-24-32-26-28-17-9-6-10-18-28/h5-10,15-18,29-32H,1-4,11-14,19-26H2. The summed E-state index contributed by atoms with van der Waals surface area (Å²) in [5.41, 5.74) is 2.73. The summed E-state index contributed by atoms with van der Waals surface area (Å²) in [6, 6.07) is 21.2. The van der Waals surface area contributed by atoms with Gasteiger partial charge in [0.05, 0.1) is 0 Å². The van der Waals surface area contributed by atoms with Crippen molar-refractivity contribution >= 4 is 0 Å². The lowest BCUT2D eigenvalue weighted by molar-refractivity contribution is 0.534. The number of rotatable bonds is 21. The molecule has 0 aliphatic heterocycles. The van der Waals surface area contributed by atoms with Gasteiger partial charge < -0.3 is 21.3 Å². The van der Waals surface area contributed by atoms with Crippen molar-refractivity contribution in [3.05, 3.63) is 71.8 Å². The maximum absolute atomic E-state index is 3.58. The molecule has 0 bridgehead atoms. The van der Waals surface area contributed by atoms with Gasteiger partial charge in [0.2, 0.25) is 0 Å². The molecule has 178 valence electrons. The van der Waals surface area contributed by atoms with Crippen molar-refractivity contribution < 1.29 is 0 Å². The second-order valence-electron chi connectivity index (χ2n) is 8.65. The molecule has 0 spiro atoms. The molecule has 2 aromatic carbocycles. The third kappa shape index (κ3) is 15.1. The topological polar surface area (TPSA) is 48.1 Å². The minimum absolute atomic E-state index is 0.975. The largest absolute Gasteiger partial charge is 0.317 e. The van der Waals surface area contributed by atoms with Gasteiger partial charge in [0.1, 0.15) is 0 Å². The first-order valence-electron chi connectivity index (χ1n) is 12.9. The molecular weight excluding hydrogens is 392 g/mol. The Morgan fingerprint density at radius 2 is 0.688 bits per heavy atom. The van der Waals surface area contributed by atoms with Crippen molar-refractivity contribution in [3.8, 4) is 0 Å². The van der Waals surface area contributed by atoms with E-state index in [0.29, 0.717) is 0 Å².